The fraction of sp³-hybridized carbons (Fsp3) is 0.312. The highest BCUT2D eigenvalue weighted by Crippen LogP contribution is 2.33. The van der Waals surface area contributed by atoms with Crippen molar-refractivity contribution >= 4 is 33.7 Å². The number of nitrogens with zero attached hydrogens (tertiary/aromatic N) is 1. The maximum absolute atomic E-state index is 10.7. The summed E-state index contributed by atoms with van der Waals surface area (Å²) in [4.78, 5) is 12.9. The number of hydrogen-bond donors (Lipinski definition) is 1. The molecular formula is C16H16BrNO2. The van der Waals surface area contributed by atoms with Crippen molar-refractivity contribution < 1.29 is 9.90 Å². The van der Waals surface area contributed by atoms with Crippen molar-refractivity contribution in [2.24, 2.45) is 5.92 Å². The quantitative estimate of drug-likeness (QED) is 0.640. The summed E-state index contributed by atoms with van der Waals surface area (Å²) in [6.45, 7) is 1.46. The Morgan fingerprint density at radius 2 is 2.30 bits per heavy atom. The molecule has 0 spiro atoms. The van der Waals surface area contributed by atoms with Gasteiger partial charge in [0.1, 0.15) is 0 Å². The van der Waals surface area contributed by atoms with Crippen LogP contribution in [0.5, 0.6) is 0 Å². The van der Waals surface area contributed by atoms with E-state index < -0.39 is 5.97 Å². The summed E-state index contributed by atoms with van der Waals surface area (Å²) >= 11 is 3.41. The van der Waals surface area contributed by atoms with Gasteiger partial charge in [0.25, 0.3) is 0 Å². The van der Waals surface area contributed by atoms with Gasteiger partial charge in [-0.25, -0.2) is 4.79 Å². The lowest BCUT2D eigenvalue weighted by Gasteiger charge is -2.24. The minimum atomic E-state index is -0.957. The first-order chi connectivity index (χ1) is 9.60. The van der Waals surface area contributed by atoms with Crippen LogP contribution in [-0.4, -0.2) is 24.2 Å². The maximum atomic E-state index is 10.7. The summed E-state index contributed by atoms with van der Waals surface area (Å²) in [7, 11) is 0. The van der Waals surface area contributed by atoms with Gasteiger partial charge in [-0.05, 0) is 48.6 Å². The van der Waals surface area contributed by atoms with Gasteiger partial charge in [-0.2, -0.15) is 0 Å². The number of anilines is 1. The molecule has 1 saturated carbocycles. The van der Waals surface area contributed by atoms with E-state index >= 15 is 0 Å². The zero-order valence-electron chi connectivity index (χ0n) is 11.1. The van der Waals surface area contributed by atoms with E-state index in [2.05, 4.69) is 26.8 Å². The molecule has 0 atom stereocenters. The Morgan fingerprint density at radius 3 is 2.90 bits per heavy atom. The summed E-state index contributed by atoms with van der Waals surface area (Å²) in [6, 6.07) is 5.83. The molecular weight excluding hydrogens is 318 g/mol. The number of rotatable bonds is 6. The molecule has 0 heterocycles. The first kappa shape index (κ1) is 14.7. The third-order valence-electron chi connectivity index (χ3n) is 3.19. The van der Waals surface area contributed by atoms with Crippen LogP contribution in [-0.2, 0) is 4.79 Å². The molecule has 0 radical (unpaired) electrons. The molecule has 1 aliphatic carbocycles. The Morgan fingerprint density at radius 1 is 1.55 bits per heavy atom. The molecule has 1 fully saturated rings. The first-order valence-electron chi connectivity index (χ1n) is 6.49. The van der Waals surface area contributed by atoms with Crippen molar-refractivity contribution in [1.82, 2.24) is 0 Å². The Hall–Kier alpha value is -1.73. The van der Waals surface area contributed by atoms with Crippen molar-refractivity contribution in [2.75, 3.05) is 18.0 Å². The lowest BCUT2D eigenvalue weighted by Crippen LogP contribution is -2.26. The average Bonchev–Trinajstić information content (AvgIpc) is 3.20. The topological polar surface area (TPSA) is 40.5 Å². The van der Waals surface area contributed by atoms with Crippen LogP contribution in [0.4, 0.5) is 5.69 Å². The van der Waals surface area contributed by atoms with Crippen molar-refractivity contribution in [3.05, 3.63) is 34.3 Å². The second kappa shape index (κ2) is 6.62. The van der Waals surface area contributed by atoms with Crippen LogP contribution >= 0.6 is 15.9 Å². The van der Waals surface area contributed by atoms with Crippen LogP contribution in [0.3, 0.4) is 0 Å². The average molecular weight is 334 g/mol. The highest BCUT2D eigenvalue weighted by molar-refractivity contribution is 9.10. The molecule has 0 unspecified atom stereocenters. The zero-order valence-corrected chi connectivity index (χ0v) is 12.6. The van der Waals surface area contributed by atoms with E-state index in [1.807, 2.05) is 18.2 Å². The number of hydrogen-bond acceptors (Lipinski definition) is 2. The van der Waals surface area contributed by atoms with Crippen molar-refractivity contribution in [1.29, 1.82) is 0 Å². The largest absolute Gasteiger partial charge is 0.478 e. The van der Waals surface area contributed by atoms with Crippen LogP contribution in [0.15, 0.2) is 28.7 Å². The van der Waals surface area contributed by atoms with Crippen molar-refractivity contribution in [3.63, 3.8) is 0 Å². The molecule has 4 heteroatoms. The van der Waals surface area contributed by atoms with Crippen molar-refractivity contribution in [2.45, 2.75) is 12.8 Å². The maximum Gasteiger partial charge on any atom is 0.328 e. The first-order valence-corrected chi connectivity index (χ1v) is 7.28. The van der Waals surface area contributed by atoms with Crippen LogP contribution in [0, 0.1) is 18.3 Å². The van der Waals surface area contributed by atoms with Gasteiger partial charge in [0.05, 0.1) is 6.54 Å². The van der Waals surface area contributed by atoms with Gasteiger partial charge in [-0.3, -0.25) is 0 Å². The number of halogens is 1. The molecule has 0 aliphatic heterocycles. The predicted octanol–water partition coefficient (Wildman–Crippen LogP) is 3.40. The molecule has 1 aromatic rings. The molecule has 3 nitrogen and oxygen atoms in total. The molecule has 1 N–H and O–H groups in total. The summed E-state index contributed by atoms with van der Waals surface area (Å²) in [5.41, 5.74) is 1.84. The Kier molecular flexibility index (Phi) is 4.86. The van der Waals surface area contributed by atoms with E-state index in [0.717, 1.165) is 28.3 Å². The third-order valence-corrected chi connectivity index (χ3v) is 3.69. The van der Waals surface area contributed by atoms with Gasteiger partial charge in [0, 0.05) is 22.8 Å². The summed E-state index contributed by atoms with van der Waals surface area (Å²) in [6.07, 6.45) is 10.7. The normalized spacial score (nSPS) is 14.2. The zero-order chi connectivity index (χ0) is 14.5. The van der Waals surface area contributed by atoms with Crippen LogP contribution < -0.4 is 4.90 Å². The van der Waals surface area contributed by atoms with Gasteiger partial charge in [-0.15, -0.1) is 6.42 Å². The number of carboxylic acids is 1. The molecule has 0 bridgehead atoms. The molecule has 0 aromatic heterocycles. The standard InChI is InChI=1S/C16H16BrNO2/c1-2-9-18(11-12-3-4-12)15-7-6-14(17)10-13(15)5-8-16(19)20/h1,5-8,10,12H,3-4,9,11H2,(H,19,20)/b8-5+. The fourth-order valence-electron chi connectivity index (χ4n) is 2.08. The molecule has 0 amide bonds. The Labute approximate surface area is 127 Å². The highest BCUT2D eigenvalue weighted by Gasteiger charge is 2.24. The van der Waals surface area contributed by atoms with E-state index in [1.165, 1.54) is 12.8 Å². The Bertz CT molecular complexity index is 570. The van der Waals surface area contributed by atoms with E-state index in [4.69, 9.17) is 11.5 Å². The van der Waals surface area contributed by atoms with Crippen LogP contribution in [0.2, 0.25) is 0 Å². The number of terminal acetylenes is 1. The van der Waals surface area contributed by atoms with Gasteiger partial charge in [0.15, 0.2) is 0 Å². The van der Waals surface area contributed by atoms with Crippen LogP contribution in [0.25, 0.3) is 6.08 Å². The summed E-state index contributed by atoms with van der Waals surface area (Å²) in [5.74, 6) is 2.43. The molecule has 20 heavy (non-hydrogen) atoms. The number of carbonyl (C=O) groups is 1. The van der Waals surface area contributed by atoms with E-state index in [1.54, 1.807) is 6.08 Å². The lowest BCUT2D eigenvalue weighted by molar-refractivity contribution is -0.131. The predicted molar refractivity (Wildman–Crippen MR) is 84.6 cm³/mol. The molecule has 1 aliphatic rings. The molecule has 1 aromatic carbocycles. The summed E-state index contributed by atoms with van der Waals surface area (Å²) < 4.78 is 0.915. The van der Waals surface area contributed by atoms with Gasteiger partial charge in [0.2, 0.25) is 0 Å². The number of carboxylic acid groups (broad SMARTS) is 1. The molecule has 2 rings (SSSR count). The van der Waals surface area contributed by atoms with E-state index in [-0.39, 0.29) is 0 Å². The fourth-order valence-corrected chi connectivity index (χ4v) is 2.46. The number of benzene rings is 1. The third kappa shape index (κ3) is 4.14. The van der Waals surface area contributed by atoms with Gasteiger partial charge in [-0.1, -0.05) is 21.9 Å². The minimum Gasteiger partial charge on any atom is -0.478 e. The lowest BCUT2D eigenvalue weighted by atomic mass is 10.1. The SMILES string of the molecule is C#CCN(CC1CC1)c1ccc(Br)cc1/C=C/C(=O)O. The van der Waals surface area contributed by atoms with E-state index in [9.17, 15) is 4.79 Å². The Balaban J connectivity index is 2.31. The van der Waals surface area contributed by atoms with Gasteiger partial charge < -0.3 is 10.0 Å². The minimum absolute atomic E-state index is 0.534. The van der Waals surface area contributed by atoms with Crippen LogP contribution in [0.1, 0.15) is 18.4 Å². The second-order valence-electron chi connectivity index (χ2n) is 4.90. The van der Waals surface area contributed by atoms with E-state index in [0.29, 0.717) is 12.5 Å². The second-order valence-corrected chi connectivity index (χ2v) is 5.82. The number of aliphatic carboxylic acids is 1. The van der Waals surface area contributed by atoms with Gasteiger partial charge >= 0.3 is 5.97 Å². The smallest absolute Gasteiger partial charge is 0.328 e. The monoisotopic (exact) mass is 333 g/mol. The highest BCUT2D eigenvalue weighted by atomic mass is 79.9. The van der Waals surface area contributed by atoms with Crippen molar-refractivity contribution in [3.8, 4) is 12.3 Å². The molecule has 104 valence electrons. The summed E-state index contributed by atoms with van der Waals surface area (Å²) in [5, 5.41) is 8.79. The molecule has 0 saturated heterocycles.